The molecule has 0 bridgehead atoms. The number of hydrogen-bond acceptors (Lipinski definition) is 5. The van der Waals surface area contributed by atoms with Crippen LogP contribution in [0.2, 0.25) is 0 Å². The predicted octanol–water partition coefficient (Wildman–Crippen LogP) is 2.94. The van der Waals surface area contributed by atoms with Gasteiger partial charge in [-0.2, -0.15) is 0 Å². The average molecular weight is 393 g/mol. The number of carbonyl (C=O) groups excluding carboxylic acids is 2. The largest absolute Gasteiger partial charge is 0.454 e. The molecule has 0 unspecified atom stereocenters. The molecule has 2 aromatic carbocycles. The highest BCUT2D eigenvalue weighted by molar-refractivity contribution is 7.92. The van der Waals surface area contributed by atoms with Crippen molar-refractivity contribution in [1.82, 2.24) is 0 Å². The second kappa shape index (κ2) is 8.77. The number of halogens is 1. The number of rotatable bonds is 8. The van der Waals surface area contributed by atoms with E-state index in [2.05, 4.69) is 4.72 Å². The van der Waals surface area contributed by atoms with Crippen molar-refractivity contribution in [2.75, 3.05) is 11.0 Å². The van der Waals surface area contributed by atoms with Gasteiger partial charge in [0.15, 0.2) is 6.10 Å². The van der Waals surface area contributed by atoms with E-state index in [1.165, 1.54) is 43.3 Å². The minimum atomic E-state index is -3.40. The molecule has 0 saturated heterocycles. The van der Waals surface area contributed by atoms with Crippen molar-refractivity contribution in [2.45, 2.75) is 25.9 Å². The molecule has 6 nitrogen and oxygen atoms in total. The van der Waals surface area contributed by atoms with Crippen molar-refractivity contribution in [3.8, 4) is 0 Å². The number of ketones is 1. The molecule has 0 saturated carbocycles. The molecule has 144 valence electrons. The van der Waals surface area contributed by atoms with Gasteiger partial charge < -0.3 is 4.74 Å². The van der Waals surface area contributed by atoms with E-state index in [-0.39, 0.29) is 12.2 Å². The Morgan fingerprint density at radius 1 is 1.07 bits per heavy atom. The van der Waals surface area contributed by atoms with Gasteiger partial charge in [0, 0.05) is 17.7 Å². The maximum atomic E-state index is 12.9. The summed E-state index contributed by atoms with van der Waals surface area (Å²) in [5, 5.41) is 0. The molecule has 0 aliphatic rings. The normalized spacial score (nSPS) is 12.3. The number of benzene rings is 2. The monoisotopic (exact) mass is 393 g/mol. The zero-order valence-electron chi connectivity index (χ0n) is 14.9. The lowest BCUT2D eigenvalue weighted by Crippen LogP contribution is -2.24. The number of Topliss-reactive ketones (excluding diaryl/α,β-unsaturated/α-hetero) is 1. The van der Waals surface area contributed by atoms with Crippen LogP contribution in [0.5, 0.6) is 0 Å². The van der Waals surface area contributed by atoms with Gasteiger partial charge in [-0.25, -0.2) is 12.8 Å². The zero-order chi connectivity index (χ0) is 20.0. The van der Waals surface area contributed by atoms with Gasteiger partial charge in [-0.1, -0.05) is 12.1 Å². The standard InChI is InChI=1S/C19H20FNO5S/c1-13(26-18(22)12-5-14-3-8-16(20)9-4-14)19(23)15-6-10-17(11-7-15)21-27(2,24)25/h3-4,6-11,13,21H,5,12H2,1-2H3/t13-/m1/s1. The Kier molecular flexibility index (Phi) is 6.68. The fourth-order valence-corrected chi connectivity index (χ4v) is 2.92. The number of sulfonamides is 1. The molecule has 0 fully saturated rings. The van der Waals surface area contributed by atoms with Crippen LogP contribution in [0.1, 0.15) is 29.3 Å². The van der Waals surface area contributed by atoms with E-state index >= 15 is 0 Å². The molecule has 8 heteroatoms. The topological polar surface area (TPSA) is 89.5 Å². The number of carbonyl (C=O) groups is 2. The van der Waals surface area contributed by atoms with Crippen molar-refractivity contribution in [3.05, 3.63) is 65.5 Å². The highest BCUT2D eigenvalue weighted by Crippen LogP contribution is 2.14. The first-order valence-corrected chi connectivity index (χ1v) is 10.1. The molecule has 1 atom stereocenters. The highest BCUT2D eigenvalue weighted by atomic mass is 32.2. The van der Waals surface area contributed by atoms with Crippen LogP contribution in [-0.4, -0.2) is 32.5 Å². The fourth-order valence-electron chi connectivity index (χ4n) is 2.36. The zero-order valence-corrected chi connectivity index (χ0v) is 15.8. The number of hydrogen-bond donors (Lipinski definition) is 1. The molecule has 27 heavy (non-hydrogen) atoms. The molecule has 0 amide bonds. The van der Waals surface area contributed by atoms with Gasteiger partial charge in [0.25, 0.3) is 0 Å². The molecular formula is C19H20FNO5S. The van der Waals surface area contributed by atoms with Crippen molar-refractivity contribution >= 4 is 27.5 Å². The lowest BCUT2D eigenvalue weighted by atomic mass is 10.1. The Hall–Kier alpha value is -2.74. The SMILES string of the molecule is C[C@@H](OC(=O)CCc1ccc(F)cc1)C(=O)c1ccc(NS(C)(=O)=O)cc1. The molecule has 0 spiro atoms. The van der Waals surface area contributed by atoms with Crippen molar-refractivity contribution in [2.24, 2.45) is 0 Å². The summed E-state index contributed by atoms with van der Waals surface area (Å²) < 4.78 is 42.6. The Morgan fingerprint density at radius 2 is 1.67 bits per heavy atom. The van der Waals surface area contributed by atoms with Crippen LogP contribution in [0.25, 0.3) is 0 Å². The minimum Gasteiger partial charge on any atom is -0.454 e. The van der Waals surface area contributed by atoms with Crippen molar-refractivity contribution in [1.29, 1.82) is 0 Å². The number of esters is 1. The summed E-state index contributed by atoms with van der Waals surface area (Å²) in [6.45, 7) is 1.47. The smallest absolute Gasteiger partial charge is 0.306 e. The van der Waals surface area contributed by atoms with Gasteiger partial charge >= 0.3 is 5.97 Å². The van der Waals surface area contributed by atoms with Crippen molar-refractivity contribution in [3.63, 3.8) is 0 Å². The van der Waals surface area contributed by atoms with Crippen LogP contribution in [0, 0.1) is 5.82 Å². The quantitative estimate of drug-likeness (QED) is 0.550. The van der Waals surface area contributed by atoms with Gasteiger partial charge in [0.2, 0.25) is 15.8 Å². The number of nitrogens with one attached hydrogen (secondary N) is 1. The maximum Gasteiger partial charge on any atom is 0.306 e. The van der Waals surface area contributed by atoms with Crippen LogP contribution in [0.15, 0.2) is 48.5 Å². The van der Waals surface area contributed by atoms with E-state index in [4.69, 9.17) is 4.74 Å². The Bertz CT molecular complexity index is 908. The summed E-state index contributed by atoms with van der Waals surface area (Å²) in [4.78, 5) is 24.2. The van der Waals surface area contributed by atoms with Gasteiger partial charge in [0.1, 0.15) is 5.82 Å². The average Bonchev–Trinajstić information content (AvgIpc) is 2.60. The number of ether oxygens (including phenoxy) is 1. The molecule has 1 N–H and O–H groups in total. The fraction of sp³-hybridized carbons (Fsp3) is 0.263. The summed E-state index contributed by atoms with van der Waals surface area (Å²) in [6.07, 6.45) is 0.505. The first-order chi connectivity index (χ1) is 12.6. The van der Waals surface area contributed by atoms with E-state index < -0.39 is 27.9 Å². The van der Waals surface area contributed by atoms with Gasteiger partial charge in [-0.05, 0) is 55.3 Å². The third-order valence-corrected chi connectivity index (χ3v) is 4.29. The Labute approximate surface area is 157 Å². The first-order valence-electron chi connectivity index (χ1n) is 8.20. The van der Waals surface area contributed by atoms with Crippen LogP contribution in [0.3, 0.4) is 0 Å². The third-order valence-electron chi connectivity index (χ3n) is 3.68. The molecule has 0 aliphatic carbocycles. The van der Waals surface area contributed by atoms with Gasteiger partial charge in [0.05, 0.1) is 6.26 Å². The summed E-state index contributed by atoms with van der Waals surface area (Å²) in [5.74, 6) is -1.27. The summed E-state index contributed by atoms with van der Waals surface area (Å²) in [7, 11) is -3.40. The third kappa shape index (κ3) is 6.82. The molecule has 0 aliphatic heterocycles. The number of anilines is 1. The lowest BCUT2D eigenvalue weighted by molar-refractivity contribution is -0.146. The van der Waals surface area contributed by atoms with E-state index in [1.807, 2.05) is 0 Å². The van der Waals surface area contributed by atoms with E-state index in [0.717, 1.165) is 11.8 Å². The van der Waals surface area contributed by atoms with Crippen molar-refractivity contribution < 1.29 is 27.1 Å². The minimum absolute atomic E-state index is 0.0699. The molecular weight excluding hydrogens is 373 g/mol. The maximum absolute atomic E-state index is 12.9. The Balaban J connectivity index is 1.88. The number of aryl methyl sites for hydroxylation is 1. The van der Waals surface area contributed by atoms with E-state index in [0.29, 0.717) is 17.7 Å². The molecule has 2 rings (SSSR count). The lowest BCUT2D eigenvalue weighted by Gasteiger charge is -2.13. The van der Waals surface area contributed by atoms with Gasteiger partial charge in [-0.15, -0.1) is 0 Å². The first kappa shape index (κ1) is 20.6. The Morgan fingerprint density at radius 3 is 2.22 bits per heavy atom. The molecule has 0 aromatic heterocycles. The van der Waals surface area contributed by atoms with Crippen LogP contribution >= 0.6 is 0 Å². The van der Waals surface area contributed by atoms with Crippen LogP contribution in [-0.2, 0) is 26.0 Å². The van der Waals surface area contributed by atoms with E-state index in [1.54, 1.807) is 12.1 Å². The predicted molar refractivity (Wildman–Crippen MR) is 99.5 cm³/mol. The molecule has 0 radical (unpaired) electrons. The highest BCUT2D eigenvalue weighted by Gasteiger charge is 2.19. The molecule has 0 heterocycles. The van der Waals surface area contributed by atoms with Crippen LogP contribution in [0.4, 0.5) is 10.1 Å². The second-order valence-corrected chi connectivity index (χ2v) is 7.82. The van der Waals surface area contributed by atoms with Gasteiger partial charge in [-0.3, -0.25) is 14.3 Å². The summed E-state index contributed by atoms with van der Waals surface area (Å²) in [5.41, 5.74) is 1.42. The molecule has 2 aromatic rings. The summed E-state index contributed by atoms with van der Waals surface area (Å²) >= 11 is 0. The van der Waals surface area contributed by atoms with Crippen LogP contribution < -0.4 is 4.72 Å². The second-order valence-electron chi connectivity index (χ2n) is 6.07. The van der Waals surface area contributed by atoms with E-state index in [9.17, 15) is 22.4 Å². The summed E-state index contributed by atoms with van der Waals surface area (Å²) in [6, 6.07) is 11.6.